The van der Waals surface area contributed by atoms with Crippen LogP contribution in [0.5, 0.6) is 5.75 Å². The maximum atomic E-state index is 14.5. The highest BCUT2D eigenvalue weighted by molar-refractivity contribution is 7.99. The van der Waals surface area contributed by atoms with Crippen molar-refractivity contribution in [3.8, 4) is 5.75 Å². The number of anilines is 1. The molecule has 0 bridgehead atoms. The highest BCUT2D eigenvalue weighted by Crippen LogP contribution is 2.58. The Morgan fingerprint density at radius 2 is 1.74 bits per heavy atom. The van der Waals surface area contributed by atoms with Gasteiger partial charge in [0.1, 0.15) is 23.1 Å². The van der Waals surface area contributed by atoms with E-state index in [-0.39, 0.29) is 24.3 Å². The molecule has 196 valence electrons. The van der Waals surface area contributed by atoms with Gasteiger partial charge in [0, 0.05) is 33.6 Å². The van der Waals surface area contributed by atoms with Gasteiger partial charge in [0.15, 0.2) is 0 Å². The number of fused-ring (bicyclic) bond motifs is 2. The van der Waals surface area contributed by atoms with Crippen molar-refractivity contribution in [3.05, 3.63) is 93.2 Å². The van der Waals surface area contributed by atoms with E-state index in [4.69, 9.17) is 27.9 Å². The van der Waals surface area contributed by atoms with Gasteiger partial charge in [-0.1, -0.05) is 41.4 Å². The average Bonchev–Trinajstić information content (AvgIpc) is 3.18. The molecule has 3 heterocycles. The van der Waals surface area contributed by atoms with Crippen molar-refractivity contribution in [2.75, 3.05) is 16.8 Å². The second-order valence-corrected chi connectivity index (χ2v) is 12.0. The summed E-state index contributed by atoms with van der Waals surface area (Å²) in [5, 5.41) is 7.03. The number of rotatable bonds is 4. The summed E-state index contributed by atoms with van der Waals surface area (Å²) in [6, 6.07) is 15.9. The van der Waals surface area contributed by atoms with Crippen LogP contribution < -0.4 is 15.4 Å². The number of nitrogens with one attached hydrogen (secondary N) is 2. The van der Waals surface area contributed by atoms with Gasteiger partial charge in [0.2, 0.25) is 11.8 Å². The first-order valence-electron chi connectivity index (χ1n) is 12.6. The molecule has 2 fully saturated rings. The number of hydrogen-bond donors (Lipinski definition) is 2. The van der Waals surface area contributed by atoms with Crippen LogP contribution in [-0.4, -0.2) is 29.4 Å². The normalized spacial score (nSPS) is 25.1. The van der Waals surface area contributed by atoms with E-state index in [1.54, 1.807) is 42.5 Å². The summed E-state index contributed by atoms with van der Waals surface area (Å²) in [7, 11) is 0. The fraction of sp³-hybridized carbons (Fsp3) is 0.310. The van der Waals surface area contributed by atoms with Crippen LogP contribution in [0.3, 0.4) is 0 Å². The van der Waals surface area contributed by atoms with Gasteiger partial charge in [0.25, 0.3) is 0 Å². The SMILES string of the molecule is O=C1C[C@@H](c2cccc(F)c2)[C@]2(C(=O)Nc3cc(Cl)ccc32)[C@@H](c2cc(Cl)ccc2OC2CCSCC2)N1. The quantitative estimate of drug-likeness (QED) is 0.369. The van der Waals surface area contributed by atoms with Gasteiger partial charge in [-0.25, -0.2) is 4.39 Å². The molecular weight excluding hydrogens is 546 g/mol. The molecule has 1 spiro atoms. The maximum Gasteiger partial charge on any atom is 0.238 e. The fourth-order valence-electron chi connectivity index (χ4n) is 6.10. The van der Waals surface area contributed by atoms with Crippen molar-refractivity contribution >= 4 is 52.5 Å². The number of ether oxygens (including phenoxy) is 1. The Morgan fingerprint density at radius 3 is 2.53 bits per heavy atom. The molecule has 5 nitrogen and oxygen atoms in total. The van der Waals surface area contributed by atoms with Crippen LogP contribution in [0.1, 0.15) is 47.9 Å². The second kappa shape index (κ2) is 10.1. The van der Waals surface area contributed by atoms with Crippen LogP contribution in [0.25, 0.3) is 0 Å². The van der Waals surface area contributed by atoms with Gasteiger partial charge < -0.3 is 15.4 Å². The fourth-order valence-corrected chi connectivity index (χ4v) is 7.51. The molecule has 0 aromatic heterocycles. The summed E-state index contributed by atoms with van der Waals surface area (Å²) >= 11 is 14.7. The van der Waals surface area contributed by atoms with Crippen LogP contribution in [0.2, 0.25) is 10.0 Å². The lowest BCUT2D eigenvalue weighted by Gasteiger charge is -2.46. The molecule has 3 aromatic carbocycles. The average molecular weight is 572 g/mol. The first-order valence-corrected chi connectivity index (χ1v) is 14.5. The second-order valence-electron chi connectivity index (χ2n) is 9.94. The Bertz CT molecular complexity index is 1430. The molecule has 3 aliphatic heterocycles. The van der Waals surface area contributed by atoms with Crippen LogP contribution >= 0.6 is 35.0 Å². The minimum absolute atomic E-state index is 0.00600. The highest BCUT2D eigenvalue weighted by atomic mass is 35.5. The number of benzene rings is 3. The van der Waals surface area contributed by atoms with Gasteiger partial charge >= 0.3 is 0 Å². The summed E-state index contributed by atoms with van der Waals surface area (Å²) < 4.78 is 21.0. The molecule has 0 saturated carbocycles. The Balaban J connectivity index is 1.57. The predicted octanol–water partition coefficient (Wildman–Crippen LogP) is 6.64. The largest absolute Gasteiger partial charge is 0.490 e. The van der Waals surface area contributed by atoms with E-state index in [1.165, 1.54) is 12.1 Å². The zero-order valence-corrected chi connectivity index (χ0v) is 22.6. The molecule has 2 saturated heterocycles. The molecule has 0 radical (unpaired) electrons. The van der Waals surface area contributed by atoms with Crippen molar-refractivity contribution in [2.45, 2.75) is 42.7 Å². The van der Waals surface area contributed by atoms with E-state index in [9.17, 15) is 14.0 Å². The third kappa shape index (κ3) is 4.34. The number of amides is 2. The number of halogens is 3. The molecule has 3 aliphatic rings. The predicted molar refractivity (Wildman–Crippen MR) is 149 cm³/mol. The third-order valence-corrected chi connectivity index (χ3v) is 9.27. The van der Waals surface area contributed by atoms with E-state index in [0.29, 0.717) is 38.2 Å². The van der Waals surface area contributed by atoms with Crippen molar-refractivity contribution < 1.29 is 18.7 Å². The summed E-state index contributed by atoms with van der Waals surface area (Å²) in [6.45, 7) is 0. The minimum atomic E-state index is -1.30. The molecule has 9 heteroatoms. The number of hydrogen-bond acceptors (Lipinski definition) is 4. The van der Waals surface area contributed by atoms with Crippen LogP contribution in [0, 0.1) is 5.82 Å². The van der Waals surface area contributed by atoms with Crippen LogP contribution in [0.4, 0.5) is 10.1 Å². The third-order valence-electron chi connectivity index (χ3n) is 7.75. The number of carbonyl (C=O) groups excluding carboxylic acids is 2. The summed E-state index contributed by atoms with van der Waals surface area (Å²) in [4.78, 5) is 27.5. The van der Waals surface area contributed by atoms with Gasteiger partial charge in [-0.05, 0) is 77.9 Å². The number of carbonyl (C=O) groups is 2. The standard InChI is InChI=1S/C29H25Cl2FN2O3S/c30-17-5-7-25(37-20-8-10-38-11-9-20)21(13-17)27-29(22-6-4-18(31)14-24(22)33-28(29)36)23(15-26(35)34-27)16-2-1-3-19(32)12-16/h1-7,12-14,20,23,27H,8-11,15H2,(H,33,36)(H,34,35)/t23-,27+,29-/m0/s1. The van der Waals surface area contributed by atoms with Gasteiger partial charge in [-0.15, -0.1) is 0 Å². The Morgan fingerprint density at radius 1 is 0.974 bits per heavy atom. The van der Waals surface area contributed by atoms with E-state index in [2.05, 4.69) is 10.6 Å². The summed E-state index contributed by atoms with van der Waals surface area (Å²) in [6.07, 6.45) is 1.84. The molecule has 38 heavy (non-hydrogen) atoms. The molecule has 0 unspecified atom stereocenters. The molecule has 3 atom stereocenters. The molecule has 6 rings (SSSR count). The van der Waals surface area contributed by atoms with Crippen molar-refractivity contribution in [2.24, 2.45) is 0 Å². The maximum absolute atomic E-state index is 14.5. The zero-order chi connectivity index (χ0) is 26.4. The monoisotopic (exact) mass is 570 g/mol. The molecule has 3 aromatic rings. The molecular formula is C29H25Cl2FN2O3S. The topological polar surface area (TPSA) is 67.4 Å². The van der Waals surface area contributed by atoms with Crippen LogP contribution in [-0.2, 0) is 15.0 Å². The Kier molecular flexibility index (Phi) is 6.79. The summed E-state index contributed by atoms with van der Waals surface area (Å²) in [5.74, 6) is 0.963. The van der Waals surface area contributed by atoms with Gasteiger partial charge in [-0.3, -0.25) is 9.59 Å². The highest BCUT2D eigenvalue weighted by Gasteiger charge is 2.61. The van der Waals surface area contributed by atoms with Crippen molar-refractivity contribution in [3.63, 3.8) is 0 Å². The first kappa shape index (κ1) is 25.5. The smallest absolute Gasteiger partial charge is 0.238 e. The van der Waals surface area contributed by atoms with Crippen LogP contribution in [0.15, 0.2) is 60.7 Å². The lowest BCUT2D eigenvalue weighted by Crippen LogP contribution is -2.57. The summed E-state index contributed by atoms with van der Waals surface area (Å²) in [5.41, 5.74) is 1.14. The van der Waals surface area contributed by atoms with E-state index >= 15 is 0 Å². The Labute approximate surface area is 234 Å². The van der Waals surface area contributed by atoms with Crippen molar-refractivity contribution in [1.29, 1.82) is 0 Å². The van der Waals surface area contributed by atoms with E-state index < -0.39 is 23.2 Å². The van der Waals surface area contributed by atoms with Gasteiger partial charge in [-0.2, -0.15) is 11.8 Å². The molecule has 2 N–H and O–H groups in total. The van der Waals surface area contributed by atoms with Crippen molar-refractivity contribution in [1.82, 2.24) is 5.32 Å². The minimum Gasteiger partial charge on any atom is -0.490 e. The zero-order valence-electron chi connectivity index (χ0n) is 20.3. The lowest BCUT2D eigenvalue weighted by atomic mass is 9.59. The number of piperidine rings is 1. The van der Waals surface area contributed by atoms with E-state index in [1.807, 2.05) is 17.8 Å². The Hall–Kier alpha value is -2.74. The van der Waals surface area contributed by atoms with E-state index in [0.717, 1.165) is 24.3 Å². The number of thioether (sulfide) groups is 1. The molecule has 2 amide bonds. The molecule has 0 aliphatic carbocycles. The van der Waals surface area contributed by atoms with Gasteiger partial charge in [0.05, 0.1) is 6.04 Å². The first-order chi connectivity index (χ1) is 18.4. The lowest BCUT2D eigenvalue weighted by molar-refractivity contribution is -0.131.